The fourth-order valence-electron chi connectivity index (χ4n) is 0.569. The highest BCUT2D eigenvalue weighted by atomic mass is 16.4. The van der Waals surface area contributed by atoms with Gasteiger partial charge in [-0.25, -0.2) is 0 Å². The van der Waals surface area contributed by atoms with E-state index in [1.807, 2.05) is 0 Å². The van der Waals surface area contributed by atoms with E-state index in [9.17, 15) is 4.79 Å². The van der Waals surface area contributed by atoms with Crippen LogP contribution >= 0.6 is 0 Å². The van der Waals surface area contributed by atoms with Gasteiger partial charge in [-0.1, -0.05) is 0 Å². The second-order valence-corrected chi connectivity index (χ2v) is 2.04. The van der Waals surface area contributed by atoms with E-state index >= 15 is 0 Å². The van der Waals surface area contributed by atoms with Crippen LogP contribution in [0.3, 0.4) is 0 Å². The molecule has 8 nitrogen and oxygen atoms in total. The van der Waals surface area contributed by atoms with E-state index in [1.54, 1.807) is 0 Å². The number of H-pyrrole nitrogens is 1. The van der Waals surface area contributed by atoms with Crippen LogP contribution in [0, 0.1) is 0 Å². The van der Waals surface area contributed by atoms with E-state index in [4.69, 9.17) is 10.8 Å². The Bertz CT molecular complexity index is 305. The smallest absolute Gasteiger partial charge is 0.322 e. The maximum absolute atomic E-state index is 10.1. The van der Waals surface area contributed by atoms with Crippen LogP contribution in [-0.2, 0) is 4.79 Å². The Labute approximate surface area is 72.9 Å². The molecule has 0 bridgehead atoms. The van der Waals surface area contributed by atoms with E-state index in [-0.39, 0.29) is 18.5 Å². The molecule has 0 saturated heterocycles. The Morgan fingerprint density at radius 1 is 1.85 bits per heavy atom. The normalized spacial score (nSPS) is 11.2. The van der Waals surface area contributed by atoms with Crippen molar-refractivity contribution in [1.29, 1.82) is 0 Å². The first-order valence-electron chi connectivity index (χ1n) is 3.34. The molecule has 0 fully saturated rings. The van der Waals surface area contributed by atoms with Crippen LogP contribution in [0.2, 0.25) is 0 Å². The van der Waals surface area contributed by atoms with Crippen molar-refractivity contribution in [3.8, 4) is 0 Å². The largest absolute Gasteiger partial charge is 0.480 e. The van der Waals surface area contributed by atoms with E-state index in [2.05, 4.69) is 25.5 Å². The summed E-state index contributed by atoms with van der Waals surface area (Å²) >= 11 is 0. The predicted molar refractivity (Wildman–Crippen MR) is 43.3 cm³/mol. The number of nitrogens with two attached hydrogens (primary N) is 1. The van der Waals surface area contributed by atoms with Crippen molar-refractivity contribution in [1.82, 2.24) is 20.5 Å². The fraction of sp³-hybridized carbons (Fsp3) is 0.200. The summed E-state index contributed by atoms with van der Waals surface area (Å²) < 4.78 is 0. The Kier molecular flexibility index (Phi) is 2.79. The number of aromatic amines is 1. The molecule has 0 atom stereocenters. The zero-order valence-corrected chi connectivity index (χ0v) is 6.56. The number of aliphatic carboxylic acids is 1. The number of hydrogen-bond acceptors (Lipinski definition) is 4. The Balaban J connectivity index is 2.47. The Morgan fingerprint density at radius 2 is 2.62 bits per heavy atom. The highest BCUT2D eigenvalue weighted by Gasteiger charge is 1.98. The number of guanidine groups is 1. The Hall–Kier alpha value is -2.12. The quantitative estimate of drug-likeness (QED) is 0.331. The minimum Gasteiger partial charge on any atom is -0.480 e. The standard InChI is InChI=1S/C5H8N6O2/c6-4(7-1-3(12)13)10-5-8-2-9-11-5/h2H,1H2,(H,12,13)(H4,6,7,8,9,10,11). The van der Waals surface area contributed by atoms with Crippen molar-refractivity contribution in [2.75, 3.05) is 6.54 Å². The summed E-state index contributed by atoms with van der Waals surface area (Å²) in [5.74, 6) is -0.912. The average Bonchev–Trinajstić information content (AvgIpc) is 2.53. The zero-order valence-electron chi connectivity index (χ0n) is 6.56. The molecule has 8 heteroatoms. The SMILES string of the molecule is NC(=Nc1nc[nH]n1)NCC(=O)O. The van der Waals surface area contributed by atoms with E-state index < -0.39 is 5.97 Å². The molecule has 13 heavy (non-hydrogen) atoms. The molecular formula is C5H8N6O2. The highest BCUT2D eigenvalue weighted by molar-refractivity contribution is 5.83. The number of aromatic nitrogens is 3. The third-order valence-corrected chi connectivity index (χ3v) is 1.04. The summed E-state index contributed by atoms with van der Waals surface area (Å²) in [6.45, 7) is -0.292. The van der Waals surface area contributed by atoms with Gasteiger partial charge in [0.25, 0.3) is 5.95 Å². The van der Waals surface area contributed by atoms with Crippen LogP contribution in [0.1, 0.15) is 0 Å². The van der Waals surface area contributed by atoms with Crippen LogP contribution in [0.15, 0.2) is 11.3 Å². The van der Waals surface area contributed by atoms with Crippen LogP contribution in [0.4, 0.5) is 5.95 Å². The van der Waals surface area contributed by atoms with Gasteiger partial charge in [0.15, 0.2) is 5.96 Å². The molecule has 70 valence electrons. The monoisotopic (exact) mass is 184 g/mol. The van der Waals surface area contributed by atoms with E-state index in [1.165, 1.54) is 6.33 Å². The second kappa shape index (κ2) is 4.04. The van der Waals surface area contributed by atoms with Gasteiger partial charge in [-0.05, 0) is 0 Å². The number of nitrogens with one attached hydrogen (secondary N) is 2. The van der Waals surface area contributed by atoms with Gasteiger partial charge in [-0.2, -0.15) is 9.98 Å². The lowest BCUT2D eigenvalue weighted by molar-refractivity contribution is -0.135. The van der Waals surface area contributed by atoms with E-state index in [0.29, 0.717) is 0 Å². The predicted octanol–water partition coefficient (Wildman–Crippen LogP) is -1.57. The van der Waals surface area contributed by atoms with Crippen LogP contribution in [-0.4, -0.2) is 38.8 Å². The number of aliphatic imine (C=N–C) groups is 1. The topological polar surface area (TPSA) is 129 Å². The third kappa shape index (κ3) is 3.18. The molecule has 0 unspecified atom stereocenters. The number of carboxylic acid groups (broad SMARTS) is 1. The molecule has 0 aliphatic rings. The van der Waals surface area contributed by atoms with Crippen molar-refractivity contribution in [2.45, 2.75) is 0 Å². The number of rotatable bonds is 3. The van der Waals surface area contributed by atoms with Gasteiger partial charge in [0.05, 0.1) is 0 Å². The van der Waals surface area contributed by atoms with Gasteiger partial charge in [-0.3, -0.25) is 9.89 Å². The van der Waals surface area contributed by atoms with Crippen molar-refractivity contribution in [2.24, 2.45) is 10.7 Å². The first kappa shape index (κ1) is 8.97. The average molecular weight is 184 g/mol. The van der Waals surface area contributed by atoms with Gasteiger partial charge < -0.3 is 16.2 Å². The van der Waals surface area contributed by atoms with Gasteiger partial charge in [-0.15, -0.1) is 5.10 Å². The summed E-state index contributed by atoms with van der Waals surface area (Å²) in [7, 11) is 0. The lowest BCUT2D eigenvalue weighted by Gasteiger charge is -1.98. The fourth-order valence-corrected chi connectivity index (χ4v) is 0.569. The first-order chi connectivity index (χ1) is 6.18. The molecule has 1 aromatic rings. The van der Waals surface area contributed by atoms with Gasteiger partial charge in [0, 0.05) is 0 Å². The van der Waals surface area contributed by atoms with Gasteiger partial charge >= 0.3 is 5.97 Å². The molecule has 0 aliphatic carbocycles. The first-order valence-corrected chi connectivity index (χ1v) is 3.34. The number of carbonyl (C=O) groups is 1. The number of hydrogen-bond donors (Lipinski definition) is 4. The maximum Gasteiger partial charge on any atom is 0.322 e. The molecule has 0 spiro atoms. The van der Waals surface area contributed by atoms with Crippen LogP contribution in [0.25, 0.3) is 0 Å². The molecule has 1 rings (SSSR count). The zero-order chi connectivity index (χ0) is 9.68. The summed E-state index contributed by atoms with van der Waals surface area (Å²) in [5.41, 5.74) is 5.29. The number of nitrogens with zero attached hydrogens (tertiary/aromatic N) is 3. The van der Waals surface area contributed by atoms with Crippen molar-refractivity contribution >= 4 is 17.9 Å². The molecule has 0 aromatic carbocycles. The molecule has 5 N–H and O–H groups in total. The number of carboxylic acids is 1. The summed E-state index contributed by atoms with van der Waals surface area (Å²) in [6.07, 6.45) is 1.34. The highest BCUT2D eigenvalue weighted by Crippen LogP contribution is 1.95. The van der Waals surface area contributed by atoms with Crippen molar-refractivity contribution < 1.29 is 9.90 Å². The summed E-state index contributed by atoms with van der Waals surface area (Å²) in [6, 6.07) is 0. The molecule has 1 heterocycles. The van der Waals surface area contributed by atoms with Crippen molar-refractivity contribution in [3.05, 3.63) is 6.33 Å². The van der Waals surface area contributed by atoms with E-state index in [0.717, 1.165) is 0 Å². The molecule has 1 aromatic heterocycles. The molecule has 0 saturated carbocycles. The Morgan fingerprint density at radius 3 is 3.15 bits per heavy atom. The van der Waals surface area contributed by atoms with Crippen molar-refractivity contribution in [3.63, 3.8) is 0 Å². The summed E-state index contributed by atoms with van der Waals surface area (Å²) in [5, 5.41) is 16.7. The minimum absolute atomic E-state index is 0.0398. The lowest BCUT2D eigenvalue weighted by atomic mass is 10.6. The maximum atomic E-state index is 10.1. The molecule has 0 aliphatic heterocycles. The molecular weight excluding hydrogens is 176 g/mol. The van der Waals surface area contributed by atoms with Crippen LogP contribution < -0.4 is 11.1 Å². The van der Waals surface area contributed by atoms with Crippen LogP contribution in [0.5, 0.6) is 0 Å². The minimum atomic E-state index is -1.02. The van der Waals surface area contributed by atoms with Gasteiger partial charge in [0.1, 0.15) is 12.9 Å². The molecule has 0 amide bonds. The molecule has 0 radical (unpaired) electrons. The van der Waals surface area contributed by atoms with Gasteiger partial charge in [0.2, 0.25) is 0 Å². The third-order valence-electron chi connectivity index (χ3n) is 1.04. The second-order valence-electron chi connectivity index (χ2n) is 2.04. The lowest BCUT2D eigenvalue weighted by Crippen LogP contribution is -2.35. The summed E-state index contributed by atoms with van der Waals surface area (Å²) in [4.78, 5) is 17.4.